The maximum Gasteiger partial charge on any atom is 1.00 e. The van der Waals surface area contributed by atoms with Gasteiger partial charge in [0, 0.05) is 0 Å². The molecule has 0 aliphatic carbocycles. The average molecular weight is 474 g/mol. The molecule has 0 amide bonds. The van der Waals surface area contributed by atoms with E-state index in [1.807, 2.05) is 24.3 Å². The zero-order valence-electron chi connectivity index (χ0n) is 11.2. The molecule has 0 rings (SSSR count). The van der Waals surface area contributed by atoms with Crippen LogP contribution in [0.5, 0.6) is 0 Å². The van der Waals surface area contributed by atoms with Gasteiger partial charge in [0.15, 0.2) is 0 Å². The Morgan fingerprint density at radius 3 is 1.00 bits per heavy atom. The summed E-state index contributed by atoms with van der Waals surface area (Å²) >= 11 is 0. The Labute approximate surface area is 179 Å². The maximum atomic E-state index is 3.77. The van der Waals surface area contributed by atoms with E-state index in [2.05, 4.69) is 26.3 Å². The Morgan fingerprint density at radius 1 is 0.688 bits per heavy atom. The van der Waals surface area contributed by atoms with Crippen molar-refractivity contribution in [3.8, 4) is 0 Å². The van der Waals surface area contributed by atoms with E-state index >= 15 is 0 Å². The summed E-state index contributed by atoms with van der Waals surface area (Å²) in [6, 6.07) is 0. The molecular weight excluding hydrogens is 451 g/mol. The van der Waals surface area contributed by atoms with Crippen LogP contribution in [0, 0.1) is 0 Å². The fourth-order valence-corrected chi connectivity index (χ4v) is 1.54. The van der Waals surface area contributed by atoms with Crippen LogP contribution in [0.1, 0.15) is 1.43 Å². The molecule has 0 atom stereocenters. The van der Waals surface area contributed by atoms with E-state index in [0.29, 0.717) is 0 Å². The van der Waals surface area contributed by atoms with Crippen LogP contribution in [0.4, 0.5) is 0 Å². The van der Waals surface area contributed by atoms with Crippen LogP contribution < -0.4 is 51.4 Å². The molecule has 16 heavy (non-hydrogen) atoms. The summed E-state index contributed by atoms with van der Waals surface area (Å²) in [5, 5.41) is 0. The molecule has 0 aliphatic heterocycles. The van der Waals surface area contributed by atoms with Crippen molar-refractivity contribution >= 4 is 48.0 Å². The molecule has 0 saturated carbocycles. The van der Waals surface area contributed by atoms with Crippen molar-refractivity contribution in [2.24, 2.45) is 0 Å². The normalized spacial score (nSPS) is 8.50. The Kier molecular flexibility index (Phi) is 28.2. The minimum atomic E-state index is 0. The third-order valence-electron chi connectivity index (χ3n) is 2.07. The summed E-state index contributed by atoms with van der Waals surface area (Å²) in [5.74, 6) is 0. The molecule has 0 N–H and O–H groups in total. The number of nitrogens with zero attached hydrogens (tertiary/aromatic N) is 1. The summed E-state index contributed by atoms with van der Waals surface area (Å²) in [6.45, 7) is 18.8. The van der Waals surface area contributed by atoms with Crippen LogP contribution in [0.3, 0.4) is 0 Å². The van der Waals surface area contributed by atoms with Crippen LogP contribution in [0.25, 0.3) is 0 Å². The number of hydrogen-bond acceptors (Lipinski definition) is 0. The monoisotopic (exact) mass is 474 g/mol. The van der Waals surface area contributed by atoms with Crippen molar-refractivity contribution in [1.29, 1.82) is 0 Å². The molecule has 0 aromatic rings. The first-order valence-corrected chi connectivity index (χ1v) is 4.53. The fraction of sp³-hybridized carbons (Fsp3) is 0.333. The molecule has 90 valence electrons. The van der Waals surface area contributed by atoms with Gasteiger partial charge in [0.1, 0.15) is 0 Å². The van der Waals surface area contributed by atoms with Crippen molar-refractivity contribution in [2.45, 2.75) is 0 Å². The molecular formula is C12H23I2KN+. The van der Waals surface area contributed by atoms with Gasteiger partial charge < -0.3 is 5.91 Å². The van der Waals surface area contributed by atoms with Crippen LogP contribution in [-0.4, -0.2) is 30.7 Å². The molecule has 0 radical (unpaired) electrons. The van der Waals surface area contributed by atoms with Gasteiger partial charge >= 0.3 is 51.4 Å². The van der Waals surface area contributed by atoms with E-state index in [0.717, 1.165) is 30.7 Å². The van der Waals surface area contributed by atoms with E-state index in [1.54, 1.807) is 0 Å². The summed E-state index contributed by atoms with van der Waals surface area (Å²) in [6.07, 6.45) is 7.76. The number of halogens is 2. The zero-order valence-corrected chi connectivity index (χ0v) is 18.0. The first-order chi connectivity index (χ1) is 6.24. The Balaban J connectivity index is -0.000000120. The molecule has 0 heterocycles. The molecule has 0 bridgehead atoms. The van der Waals surface area contributed by atoms with E-state index in [-0.39, 0.29) is 101 Å². The molecule has 4 heteroatoms. The molecule has 0 saturated heterocycles. The third kappa shape index (κ3) is 11.1. The average Bonchev–Trinajstić information content (AvgIpc) is 2.06. The van der Waals surface area contributed by atoms with Crippen LogP contribution in [-0.2, 0) is 0 Å². The van der Waals surface area contributed by atoms with Gasteiger partial charge in [-0.25, -0.2) is 0 Å². The largest absolute Gasteiger partial charge is 1.00 e. The molecule has 0 aromatic heterocycles. The molecule has 0 aromatic carbocycles. The Bertz CT molecular complexity index is 165. The summed E-state index contributed by atoms with van der Waals surface area (Å²) in [7, 11) is 0. The third-order valence-corrected chi connectivity index (χ3v) is 2.07. The zero-order chi connectivity index (χ0) is 10.2. The molecule has 0 fully saturated rings. The summed E-state index contributed by atoms with van der Waals surface area (Å²) < 4.78 is 0.903. The van der Waals surface area contributed by atoms with Crippen LogP contribution in [0.2, 0.25) is 0 Å². The van der Waals surface area contributed by atoms with Crippen molar-refractivity contribution in [3.63, 3.8) is 0 Å². The topological polar surface area (TPSA) is 0 Å². The van der Waals surface area contributed by atoms with Gasteiger partial charge in [0.2, 0.25) is 0 Å². The number of quaternary nitrogens is 1. The van der Waals surface area contributed by atoms with E-state index in [9.17, 15) is 0 Å². The second-order valence-electron chi connectivity index (χ2n) is 3.23. The van der Waals surface area contributed by atoms with Crippen LogP contribution in [0.15, 0.2) is 50.6 Å². The van der Waals surface area contributed by atoms with Crippen molar-refractivity contribution in [2.75, 3.05) is 26.2 Å². The Hall–Kier alpha value is 2.02. The Morgan fingerprint density at radius 2 is 0.875 bits per heavy atom. The standard InChI is InChI=1S/C12H20N.2HI.K.H/c1-5-9-13(10-6-2,11-7-3)12-8-4;;;;/h5-8H,1-4,9-12H2;2*1H;;/q+1;;;+1;-1. The first kappa shape index (κ1) is 26.6. The SMILES string of the molecule is C=CC[N+](CC=C)(CC=C)CC=C.I.I.[H-].[K+]. The second kappa shape index (κ2) is 17.0. The van der Waals surface area contributed by atoms with Gasteiger partial charge in [0.25, 0.3) is 0 Å². The minimum absolute atomic E-state index is 0. The van der Waals surface area contributed by atoms with Gasteiger partial charge in [-0.05, 0) is 24.3 Å². The second-order valence-corrected chi connectivity index (χ2v) is 3.23. The smallest absolute Gasteiger partial charge is 1.00 e. The molecule has 0 spiro atoms. The number of hydrogen-bond donors (Lipinski definition) is 0. The fourth-order valence-electron chi connectivity index (χ4n) is 1.54. The molecule has 1 nitrogen and oxygen atoms in total. The van der Waals surface area contributed by atoms with Gasteiger partial charge in [-0.15, -0.1) is 48.0 Å². The maximum absolute atomic E-state index is 3.77. The van der Waals surface area contributed by atoms with Gasteiger partial charge in [-0.3, -0.25) is 0 Å². The molecule has 0 unspecified atom stereocenters. The summed E-state index contributed by atoms with van der Waals surface area (Å²) in [5.41, 5.74) is 0. The van der Waals surface area contributed by atoms with Gasteiger partial charge in [-0.2, -0.15) is 0 Å². The first-order valence-electron chi connectivity index (χ1n) is 4.53. The summed E-state index contributed by atoms with van der Waals surface area (Å²) in [4.78, 5) is 0. The van der Waals surface area contributed by atoms with Crippen LogP contribution >= 0.6 is 48.0 Å². The number of rotatable bonds is 8. The van der Waals surface area contributed by atoms with Crippen molar-refractivity contribution in [3.05, 3.63) is 50.6 Å². The predicted molar refractivity (Wildman–Crippen MR) is 92.5 cm³/mol. The van der Waals surface area contributed by atoms with E-state index in [1.165, 1.54) is 0 Å². The van der Waals surface area contributed by atoms with E-state index in [4.69, 9.17) is 0 Å². The van der Waals surface area contributed by atoms with Crippen molar-refractivity contribution in [1.82, 2.24) is 0 Å². The van der Waals surface area contributed by atoms with Gasteiger partial charge in [-0.1, -0.05) is 26.3 Å². The predicted octanol–water partition coefficient (Wildman–Crippen LogP) is 0.900. The van der Waals surface area contributed by atoms with Gasteiger partial charge in [0.05, 0.1) is 26.2 Å². The minimum Gasteiger partial charge on any atom is -1.00 e. The van der Waals surface area contributed by atoms with Crippen molar-refractivity contribution < 1.29 is 57.3 Å². The quantitative estimate of drug-likeness (QED) is 0.213. The molecule has 0 aliphatic rings. The van der Waals surface area contributed by atoms with E-state index < -0.39 is 0 Å².